The van der Waals surface area contributed by atoms with E-state index in [0.29, 0.717) is 0 Å². The Balaban J connectivity index is 2.52. The Bertz CT molecular complexity index is 903. The Kier molecular flexibility index (Phi) is 5.60. The van der Waals surface area contributed by atoms with E-state index >= 15 is 0 Å². The molecule has 0 unspecified atom stereocenters. The van der Waals surface area contributed by atoms with Crippen LogP contribution >= 0.6 is 0 Å². The van der Waals surface area contributed by atoms with Gasteiger partial charge in [0.1, 0.15) is 5.75 Å². The number of sulfone groups is 1. The Hall–Kier alpha value is -2.55. The molecule has 0 aliphatic rings. The van der Waals surface area contributed by atoms with Gasteiger partial charge in [-0.1, -0.05) is 19.1 Å². The van der Waals surface area contributed by atoms with Crippen molar-refractivity contribution >= 4 is 15.8 Å². The van der Waals surface area contributed by atoms with E-state index in [0.717, 1.165) is 18.2 Å². The molecule has 140 valence electrons. The number of carboxylic acid groups (broad SMARTS) is 1. The molecule has 2 aromatic rings. The molecule has 5 nitrogen and oxygen atoms in total. The summed E-state index contributed by atoms with van der Waals surface area (Å²) in [6.45, 7) is 0.758. The monoisotopic (exact) mass is 388 g/mol. The number of aliphatic carboxylic acids is 1. The summed E-state index contributed by atoms with van der Waals surface area (Å²) in [5.41, 5.74) is -0.645. The molecule has 0 aliphatic heterocycles. The molecule has 0 saturated heterocycles. The van der Waals surface area contributed by atoms with E-state index in [1.165, 1.54) is 31.2 Å². The number of benzene rings is 2. The highest BCUT2D eigenvalue weighted by Gasteiger charge is 2.31. The minimum absolute atomic E-state index is 0.0153. The molecule has 0 amide bonds. The van der Waals surface area contributed by atoms with Gasteiger partial charge >= 0.3 is 12.1 Å². The number of hydrogen-bond acceptors (Lipinski definition) is 4. The number of carboxylic acids is 1. The van der Waals surface area contributed by atoms with Crippen LogP contribution in [0.1, 0.15) is 12.5 Å². The zero-order chi connectivity index (χ0) is 19.5. The largest absolute Gasteiger partial charge is 0.481 e. The fourth-order valence-electron chi connectivity index (χ4n) is 2.21. The maximum Gasteiger partial charge on any atom is 0.416 e. The Morgan fingerprint density at radius 3 is 2.23 bits per heavy atom. The first kappa shape index (κ1) is 19.8. The van der Waals surface area contributed by atoms with Gasteiger partial charge in [-0.05, 0) is 35.9 Å². The van der Waals surface area contributed by atoms with Crippen LogP contribution in [0.15, 0.2) is 47.4 Å². The van der Waals surface area contributed by atoms with Gasteiger partial charge < -0.3 is 9.84 Å². The van der Waals surface area contributed by atoms with Gasteiger partial charge in [0.05, 0.1) is 16.2 Å². The first-order valence-corrected chi connectivity index (χ1v) is 9.09. The normalized spacial score (nSPS) is 12.0. The lowest BCUT2D eigenvalue weighted by molar-refractivity contribution is -0.140. The van der Waals surface area contributed by atoms with Crippen LogP contribution in [-0.4, -0.2) is 31.9 Å². The molecule has 26 heavy (non-hydrogen) atoms. The van der Waals surface area contributed by atoms with Crippen molar-refractivity contribution in [1.82, 2.24) is 0 Å². The smallest absolute Gasteiger partial charge is 0.416 e. The second-order valence-electron chi connectivity index (χ2n) is 5.32. The number of halogens is 3. The van der Waals surface area contributed by atoms with Crippen molar-refractivity contribution in [3.63, 3.8) is 0 Å². The highest BCUT2D eigenvalue weighted by molar-refractivity contribution is 7.91. The highest BCUT2D eigenvalue weighted by Crippen LogP contribution is 2.37. The molecule has 0 spiro atoms. The van der Waals surface area contributed by atoms with Crippen LogP contribution < -0.4 is 4.74 Å². The van der Waals surface area contributed by atoms with Crippen molar-refractivity contribution in [1.29, 1.82) is 0 Å². The third-order valence-corrected chi connectivity index (χ3v) is 5.31. The van der Waals surface area contributed by atoms with Crippen LogP contribution in [0.2, 0.25) is 0 Å². The fourth-order valence-corrected chi connectivity index (χ4v) is 3.09. The number of rotatable bonds is 6. The summed E-state index contributed by atoms with van der Waals surface area (Å²) in [6.07, 6.45) is -4.59. The SMILES string of the molecule is CCS(=O)(=O)c1ccc(-c2cc(C(F)(F)F)ccc2OCC(=O)O)cc1. The second kappa shape index (κ2) is 7.36. The third-order valence-electron chi connectivity index (χ3n) is 3.56. The maximum absolute atomic E-state index is 13.0. The van der Waals surface area contributed by atoms with Crippen molar-refractivity contribution in [2.45, 2.75) is 18.0 Å². The average molecular weight is 388 g/mol. The summed E-state index contributed by atoms with van der Waals surface area (Å²) >= 11 is 0. The molecule has 2 aromatic carbocycles. The Labute approximate surface area is 148 Å². The number of carbonyl (C=O) groups is 1. The summed E-state index contributed by atoms with van der Waals surface area (Å²) in [6, 6.07) is 7.94. The quantitative estimate of drug-likeness (QED) is 0.817. The van der Waals surface area contributed by atoms with Crippen LogP contribution in [0, 0.1) is 0 Å². The molecule has 0 aromatic heterocycles. The number of hydrogen-bond donors (Lipinski definition) is 1. The van der Waals surface area contributed by atoms with Crippen molar-refractivity contribution in [2.75, 3.05) is 12.4 Å². The summed E-state index contributed by atoms with van der Waals surface area (Å²) in [4.78, 5) is 10.7. The van der Waals surface area contributed by atoms with Crippen LogP contribution in [-0.2, 0) is 20.8 Å². The Morgan fingerprint density at radius 2 is 1.73 bits per heavy atom. The molecule has 9 heteroatoms. The third kappa shape index (κ3) is 4.54. The summed E-state index contributed by atoms with van der Waals surface area (Å²) in [7, 11) is -3.45. The van der Waals surface area contributed by atoms with Gasteiger partial charge in [-0.15, -0.1) is 0 Å². The van der Waals surface area contributed by atoms with E-state index in [1.807, 2.05) is 0 Å². The molecule has 0 atom stereocenters. The number of alkyl halides is 3. The van der Waals surface area contributed by atoms with Crippen molar-refractivity contribution in [3.05, 3.63) is 48.0 Å². The first-order chi connectivity index (χ1) is 12.0. The lowest BCUT2D eigenvalue weighted by Crippen LogP contribution is -2.11. The molecular weight excluding hydrogens is 373 g/mol. The van der Waals surface area contributed by atoms with E-state index in [1.54, 1.807) is 0 Å². The minimum Gasteiger partial charge on any atom is -0.481 e. The molecular formula is C17H15F3O5S. The molecule has 0 saturated carbocycles. The second-order valence-corrected chi connectivity index (χ2v) is 7.60. The van der Waals surface area contributed by atoms with Crippen LogP contribution in [0.4, 0.5) is 13.2 Å². The molecule has 1 N–H and O–H groups in total. The van der Waals surface area contributed by atoms with Crippen molar-refractivity contribution in [3.8, 4) is 16.9 Å². The van der Waals surface area contributed by atoms with Gasteiger partial charge in [0, 0.05) is 5.56 Å². The zero-order valence-corrected chi connectivity index (χ0v) is 14.4. The molecule has 2 rings (SSSR count). The van der Waals surface area contributed by atoms with Crippen LogP contribution in [0.5, 0.6) is 5.75 Å². The highest BCUT2D eigenvalue weighted by atomic mass is 32.2. The predicted molar refractivity (Wildman–Crippen MR) is 87.7 cm³/mol. The first-order valence-electron chi connectivity index (χ1n) is 7.43. The predicted octanol–water partition coefficient (Wildman–Crippen LogP) is 3.63. The maximum atomic E-state index is 13.0. The van der Waals surface area contributed by atoms with Gasteiger partial charge in [0.15, 0.2) is 16.4 Å². The van der Waals surface area contributed by atoms with E-state index in [-0.39, 0.29) is 27.5 Å². The van der Waals surface area contributed by atoms with Gasteiger partial charge in [-0.3, -0.25) is 0 Å². The lowest BCUT2D eigenvalue weighted by atomic mass is 10.0. The minimum atomic E-state index is -4.59. The number of ether oxygens (including phenoxy) is 1. The van der Waals surface area contributed by atoms with Gasteiger partial charge in [0.2, 0.25) is 0 Å². The molecule has 0 radical (unpaired) electrons. The van der Waals surface area contributed by atoms with E-state index < -0.39 is 34.2 Å². The van der Waals surface area contributed by atoms with Crippen LogP contribution in [0.25, 0.3) is 11.1 Å². The van der Waals surface area contributed by atoms with Gasteiger partial charge in [-0.25, -0.2) is 13.2 Å². The van der Waals surface area contributed by atoms with Crippen LogP contribution in [0.3, 0.4) is 0 Å². The van der Waals surface area contributed by atoms with Gasteiger partial charge in [-0.2, -0.15) is 13.2 Å². The van der Waals surface area contributed by atoms with Crippen molar-refractivity contribution < 1.29 is 36.2 Å². The average Bonchev–Trinajstić information content (AvgIpc) is 2.59. The van der Waals surface area contributed by atoms with E-state index in [2.05, 4.69) is 0 Å². The molecule has 0 aliphatic carbocycles. The fraction of sp³-hybridized carbons (Fsp3) is 0.235. The summed E-state index contributed by atoms with van der Waals surface area (Å²) < 4.78 is 67.7. The summed E-state index contributed by atoms with van der Waals surface area (Å²) in [5.74, 6) is -1.44. The zero-order valence-electron chi connectivity index (χ0n) is 13.6. The van der Waals surface area contributed by atoms with E-state index in [4.69, 9.17) is 9.84 Å². The molecule has 0 fully saturated rings. The lowest BCUT2D eigenvalue weighted by Gasteiger charge is -2.14. The Morgan fingerprint density at radius 1 is 1.12 bits per heavy atom. The molecule has 0 heterocycles. The van der Waals surface area contributed by atoms with Gasteiger partial charge in [0.25, 0.3) is 0 Å². The topological polar surface area (TPSA) is 80.7 Å². The molecule has 0 bridgehead atoms. The van der Waals surface area contributed by atoms with Crippen molar-refractivity contribution in [2.24, 2.45) is 0 Å². The van der Waals surface area contributed by atoms with E-state index in [9.17, 15) is 26.4 Å². The summed E-state index contributed by atoms with van der Waals surface area (Å²) in [5, 5.41) is 8.70. The standard InChI is InChI=1S/C17H15F3O5S/c1-2-26(23,24)13-6-3-11(4-7-13)14-9-12(17(18,19)20)5-8-15(14)25-10-16(21)22/h3-9H,2,10H2,1H3,(H,21,22).